The van der Waals surface area contributed by atoms with Gasteiger partial charge in [-0.25, -0.2) is 13.2 Å². The van der Waals surface area contributed by atoms with Crippen LogP contribution in [0, 0.1) is 17.5 Å². The molecule has 19 heavy (non-hydrogen) atoms. The monoisotopic (exact) mass is 272 g/mol. The molecule has 1 fully saturated rings. The maximum Gasteiger partial charge on any atom is 0.257 e. The minimum atomic E-state index is -1.60. The summed E-state index contributed by atoms with van der Waals surface area (Å²) in [7, 11) is 1.93. The molecule has 1 atom stereocenters. The SMILES string of the molecule is CC1CN(C)CCN1C(=O)c1ccc(F)c(F)c1F. The van der Waals surface area contributed by atoms with E-state index in [-0.39, 0.29) is 6.04 Å². The minimum absolute atomic E-state index is 0.0984. The number of piperazine rings is 1. The largest absolute Gasteiger partial charge is 0.333 e. The molecule has 1 aliphatic rings. The lowest BCUT2D eigenvalue weighted by Crippen LogP contribution is -2.52. The van der Waals surface area contributed by atoms with Gasteiger partial charge in [0.1, 0.15) is 0 Å². The Balaban J connectivity index is 2.27. The van der Waals surface area contributed by atoms with Gasteiger partial charge in [-0.2, -0.15) is 0 Å². The molecular weight excluding hydrogens is 257 g/mol. The highest BCUT2D eigenvalue weighted by Crippen LogP contribution is 2.19. The van der Waals surface area contributed by atoms with E-state index < -0.39 is 28.9 Å². The first kappa shape index (κ1) is 13.9. The number of carbonyl (C=O) groups is 1. The Bertz CT molecular complexity index is 507. The number of likely N-dealkylation sites (N-methyl/N-ethyl adjacent to an activating group) is 1. The molecule has 3 nitrogen and oxygen atoms in total. The number of carbonyl (C=O) groups excluding carboxylic acids is 1. The molecule has 1 aliphatic heterocycles. The van der Waals surface area contributed by atoms with Crippen LogP contribution in [0.5, 0.6) is 0 Å². The first-order valence-electron chi connectivity index (χ1n) is 6.05. The number of benzene rings is 1. The van der Waals surface area contributed by atoms with Crippen molar-refractivity contribution in [3.05, 3.63) is 35.1 Å². The minimum Gasteiger partial charge on any atom is -0.333 e. The van der Waals surface area contributed by atoms with Gasteiger partial charge in [-0.05, 0) is 26.1 Å². The lowest BCUT2D eigenvalue weighted by molar-refractivity contribution is 0.0528. The van der Waals surface area contributed by atoms with Crippen LogP contribution in [0.25, 0.3) is 0 Å². The van der Waals surface area contributed by atoms with Gasteiger partial charge >= 0.3 is 0 Å². The topological polar surface area (TPSA) is 23.6 Å². The summed E-state index contributed by atoms with van der Waals surface area (Å²) in [5.41, 5.74) is -0.421. The van der Waals surface area contributed by atoms with Gasteiger partial charge in [-0.3, -0.25) is 4.79 Å². The van der Waals surface area contributed by atoms with Crippen LogP contribution in [0.3, 0.4) is 0 Å². The number of halogens is 3. The average molecular weight is 272 g/mol. The van der Waals surface area contributed by atoms with Crippen molar-refractivity contribution in [1.29, 1.82) is 0 Å². The van der Waals surface area contributed by atoms with Crippen LogP contribution in [-0.4, -0.2) is 48.4 Å². The van der Waals surface area contributed by atoms with Crippen LogP contribution in [0.15, 0.2) is 12.1 Å². The zero-order valence-electron chi connectivity index (χ0n) is 10.8. The van der Waals surface area contributed by atoms with Crippen molar-refractivity contribution >= 4 is 5.91 Å². The van der Waals surface area contributed by atoms with E-state index in [1.165, 1.54) is 4.90 Å². The van der Waals surface area contributed by atoms with Crippen molar-refractivity contribution in [2.75, 3.05) is 26.7 Å². The quantitative estimate of drug-likeness (QED) is 0.729. The molecule has 0 radical (unpaired) electrons. The maximum absolute atomic E-state index is 13.6. The third-order valence-corrected chi connectivity index (χ3v) is 3.36. The van der Waals surface area contributed by atoms with Crippen molar-refractivity contribution in [3.8, 4) is 0 Å². The predicted molar refractivity (Wildman–Crippen MR) is 64.3 cm³/mol. The smallest absolute Gasteiger partial charge is 0.257 e. The number of rotatable bonds is 1. The summed E-state index contributed by atoms with van der Waals surface area (Å²) >= 11 is 0. The fourth-order valence-corrected chi connectivity index (χ4v) is 2.29. The Labute approximate surface area is 109 Å². The van der Waals surface area contributed by atoms with Crippen LogP contribution >= 0.6 is 0 Å². The fourth-order valence-electron chi connectivity index (χ4n) is 2.29. The Hall–Kier alpha value is -1.56. The van der Waals surface area contributed by atoms with Crippen LogP contribution in [-0.2, 0) is 0 Å². The predicted octanol–water partition coefficient (Wildman–Crippen LogP) is 1.88. The number of nitrogens with zero attached hydrogens (tertiary/aromatic N) is 2. The second-order valence-corrected chi connectivity index (χ2v) is 4.83. The van der Waals surface area contributed by atoms with Gasteiger partial charge in [-0.15, -0.1) is 0 Å². The van der Waals surface area contributed by atoms with Crippen molar-refractivity contribution in [1.82, 2.24) is 9.80 Å². The Morgan fingerprint density at radius 1 is 1.21 bits per heavy atom. The van der Waals surface area contributed by atoms with Crippen molar-refractivity contribution in [3.63, 3.8) is 0 Å². The highest BCUT2D eigenvalue weighted by Gasteiger charge is 2.29. The highest BCUT2D eigenvalue weighted by molar-refractivity contribution is 5.94. The van der Waals surface area contributed by atoms with Gasteiger partial charge in [0.15, 0.2) is 17.5 Å². The van der Waals surface area contributed by atoms with E-state index in [1.54, 1.807) is 0 Å². The maximum atomic E-state index is 13.6. The standard InChI is InChI=1S/C13H15F3N2O/c1-8-7-17(2)5-6-18(8)13(19)9-3-4-10(14)12(16)11(9)15/h3-4,8H,5-7H2,1-2H3. The lowest BCUT2D eigenvalue weighted by Gasteiger charge is -2.38. The van der Waals surface area contributed by atoms with Gasteiger partial charge < -0.3 is 9.80 Å². The second-order valence-electron chi connectivity index (χ2n) is 4.83. The molecule has 1 aromatic rings. The molecule has 2 rings (SSSR count). The van der Waals surface area contributed by atoms with E-state index in [4.69, 9.17) is 0 Å². The first-order chi connectivity index (χ1) is 8.91. The van der Waals surface area contributed by atoms with E-state index >= 15 is 0 Å². The zero-order chi connectivity index (χ0) is 14.2. The highest BCUT2D eigenvalue weighted by atomic mass is 19.2. The Morgan fingerprint density at radius 3 is 2.53 bits per heavy atom. The molecule has 0 N–H and O–H groups in total. The van der Waals surface area contributed by atoms with Gasteiger partial charge in [0.25, 0.3) is 5.91 Å². The Morgan fingerprint density at radius 2 is 1.89 bits per heavy atom. The van der Waals surface area contributed by atoms with Crippen molar-refractivity contribution in [2.45, 2.75) is 13.0 Å². The third kappa shape index (κ3) is 2.58. The van der Waals surface area contributed by atoms with E-state index in [0.29, 0.717) is 19.6 Å². The molecule has 1 unspecified atom stereocenters. The number of amides is 1. The molecule has 1 heterocycles. The molecule has 0 spiro atoms. The molecule has 0 bridgehead atoms. The van der Waals surface area contributed by atoms with Crippen LogP contribution in [0.1, 0.15) is 17.3 Å². The second kappa shape index (κ2) is 5.21. The molecule has 1 saturated heterocycles. The van der Waals surface area contributed by atoms with E-state index in [2.05, 4.69) is 4.90 Å². The zero-order valence-corrected chi connectivity index (χ0v) is 10.8. The first-order valence-corrected chi connectivity index (χ1v) is 6.05. The van der Waals surface area contributed by atoms with Crippen LogP contribution in [0.2, 0.25) is 0 Å². The lowest BCUT2D eigenvalue weighted by atomic mass is 10.1. The van der Waals surface area contributed by atoms with Gasteiger partial charge in [-0.1, -0.05) is 0 Å². The van der Waals surface area contributed by atoms with E-state index in [9.17, 15) is 18.0 Å². The van der Waals surface area contributed by atoms with E-state index in [0.717, 1.165) is 12.1 Å². The summed E-state index contributed by atoms with van der Waals surface area (Å²) in [4.78, 5) is 15.7. The van der Waals surface area contributed by atoms with Crippen molar-refractivity contribution in [2.24, 2.45) is 0 Å². The molecule has 1 amide bonds. The summed E-state index contributed by atoms with van der Waals surface area (Å²) in [5.74, 6) is -4.92. The molecule has 0 saturated carbocycles. The van der Waals surface area contributed by atoms with Crippen LogP contribution < -0.4 is 0 Å². The molecular formula is C13H15F3N2O. The average Bonchev–Trinajstić information content (AvgIpc) is 2.35. The normalized spacial score (nSPS) is 20.7. The molecule has 0 aromatic heterocycles. The summed E-state index contributed by atoms with van der Waals surface area (Å²) in [6.45, 7) is 3.61. The summed E-state index contributed by atoms with van der Waals surface area (Å²) in [6.07, 6.45) is 0. The third-order valence-electron chi connectivity index (χ3n) is 3.36. The van der Waals surface area contributed by atoms with Gasteiger partial charge in [0, 0.05) is 25.7 Å². The summed E-state index contributed by atoms with van der Waals surface area (Å²) in [6, 6.07) is 1.66. The molecule has 0 aliphatic carbocycles. The summed E-state index contributed by atoms with van der Waals surface area (Å²) in [5, 5.41) is 0. The van der Waals surface area contributed by atoms with Gasteiger partial charge in [0.2, 0.25) is 0 Å². The van der Waals surface area contributed by atoms with E-state index in [1.807, 2.05) is 14.0 Å². The van der Waals surface area contributed by atoms with Crippen molar-refractivity contribution < 1.29 is 18.0 Å². The molecule has 6 heteroatoms. The fraction of sp³-hybridized carbons (Fsp3) is 0.462. The number of hydrogen-bond donors (Lipinski definition) is 0. The van der Waals surface area contributed by atoms with Crippen LogP contribution in [0.4, 0.5) is 13.2 Å². The number of hydrogen-bond acceptors (Lipinski definition) is 2. The molecule has 104 valence electrons. The summed E-state index contributed by atoms with van der Waals surface area (Å²) < 4.78 is 39.6. The molecule has 1 aromatic carbocycles. The Kier molecular flexibility index (Phi) is 3.80. The van der Waals surface area contributed by atoms with Gasteiger partial charge in [0.05, 0.1) is 5.56 Å².